The summed E-state index contributed by atoms with van der Waals surface area (Å²) in [7, 11) is 0. The topological polar surface area (TPSA) is 66.2 Å². The van der Waals surface area contributed by atoms with E-state index in [1.165, 1.54) is 0 Å². The minimum atomic E-state index is 0.0385. The Morgan fingerprint density at radius 3 is 2.33 bits per heavy atom. The van der Waals surface area contributed by atoms with E-state index in [4.69, 9.17) is 0 Å². The molecule has 0 amide bonds. The lowest BCUT2D eigenvalue weighted by molar-refractivity contribution is 0.434. The van der Waals surface area contributed by atoms with Gasteiger partial charge < -0.3 is 10.2 Å². The highest BCUT2D eigenvalue weighted by molar-refractivity contribution is 5.79. The van der Waals surface area contributed by atoms with Crippen LogP contribution in [-0.2, 0) is 0 Å². The number of hydrogen-bond donors (Lipinski definition) is 2. The first-order chi connectivity index (χ1) is 10.1. The molecule has 0 aliphatic heterocycles. The van der Waals surface area contributed by atoms with Crippen molar-refractivity contribution < 1.29 is 10.2 Å². The summed E-state index contributed by atoms with van der Waals surface area (Å²) in [6, 6.07) is 10.9. The molecule has 0 unspecified atom stereocenters. The number of phenolic OH excluding ortho intramolecular Hbond substituents is 2. The number of aromatic hydroxyl groups is 2. The van der Waals surface area contributed by atoms with Crippen LogP contribution < -0.4 is 0 Å². The van der Waals surface area contributed by atoms with Gasteiger partial charge >= 0.3 is 0 Å². The van der Waals surface area contributed by atoms with E-state index in [-0.39, 0.29) is 17.4 Å². The Morgan fingerprint density at radius 2 is 1.67 bits per heavy atom. The number of para-hydroxylation sites is 1. The maximum Gasteiger partial charge on any atom is 0.160 e. The Bertz CT molecular complexity index is 790. The van der Waals surface area contributed by atoms with Crippen LogP contribution in [0.3, 0.4) is 0 Å². The molecule has 21 heavy (non-hydrogen) atoms. The number of aromatic nitrogens is 2. The van der Waals surface area contributed by atoms with Gasteiger partial charge in [-0.25, -0.2) is 9.97 Å². The van der Waals surface area contributed by atoms with Gasteiger partial charge in [0.1, 0.15) is 11.5 Å². The van der Waals surface area contributed by atoms with Crippen LogP contribution in [0.4, 0.5) is 0 Å². The van der Waals surface area contributed by atoms with Crippen LogP contribution in [0.1, 0.15) is 25.3 Å². The Morgan fingerprint density at radius 1 is 1.00 bits per heavy atom. The van der Waals surface area contributed by atoms with Crippen LogP contribution in [-0.4, -0.2) is 20.2 Å². The normalized spacial score (nSPS) is 11.2. The molecule has 1 aromatic heterocycles. The van der Waals surface area contributed by atoms with Crippen molar-refractivity contribution in [2.45, 2.75) is 19.8 Å². The van der Waals surface area contributed by atoms with Crippen molar-refractivity contribution in [3.05, 3.63) is 48.2 Å². The zero-order valence-electron chi connectivity index (χ0n) is 11.9. The summed E-state index contributed by atoms with van der Waals surface area (Å²) in [5, 5.41) is 21.2. The van der Waals surface area contributed by atoms with Gasteiger partial charge in [-0.2, -0.15) is 0 Å². The molecule has 0 bridgehead atoms. The average Bonchev–Trinajstić information content (AvgIpc) is 2.45. The Kier molecular flexibility index (Phi) is 3.22. The Balaban J connectivity index is 2.14. The van der Waals surface area contributed by atoms with Gasteiger partial charge in [0.25, 0.3) is 0 Å². The van der Waals surface area contributed by atoms with Crippen LogP contribution in [0.5, 0.6) is 11.5 Å². The smallest absolute Gasteiger partial charge is 0.160 e. The molecule has 0 aliphatic carbocycles. The number of benzene rings is 2. The molecule has 3 rings (SSSR count). The van der Waals surface area contributed by atoms with E-state index in [1.54, 1.807) is 18.3 Å². The molecule has 4 heteroatoms. The molecule has 0 saturated carbocycles. The van der Waals surface area contributed by atoms with Crippen molar-refractivity contribution >= 4 is 10.9 Å². The summed E-state index contributed by atoms with van der Waals surface area (Å²) in [4.78, 5) is 8.77. The van der Waals surface area contributed by atoms with Crippen molar-refractivity contribution in [1.29, 1.82) is 0 Å². The van der Waals surface area contributed by atoms with E-state index < -0.39 is 0 Å². The quantitative estimate of drug-likeness (QED) is 0.748. The van der Waals surface area contributed by atoms with Gasteiger partial charge in [0, 0.05) is 22.7 Å². The molecule has 0 saturated heterocycles. The van der Waals surface area contributed by atoms with Crippen LogP contribution in [0.25, 0.3) is 22.3 Å². The summed E-state index contributed by atoms with van der Waals surface area (Å²) < 4.78 is 0. The highest BCUT2D eigenvalue weighted by Crippen LogP contribution is 2.37. The summed E-state index contributed by atoms with van der Waals surface area (Å²) in [6.45, 7) is 3.84. The maximum absolute atomic E-state index is 10.1. The molecule has 3 aromatic rings. The van der Waals surface area contributed by atoms with Crippen LogP contribution in [0.2, 0.25) is 0 Å². The van der Waals surface area contributed by atoms with E-state index in [0.717, 1.165) is 10.9 Å². The molecule has 1 heterocycles. The maximum atomic E-state index is 10.1. The van der Waals surface area contributed by atoms with Crippen LogP contribution in [0.15, 0.2) is 42.6 Å². The van der Waals surface area contributed by atoms with E-state index >= 15 is 0 Å². The molecule has 2 aromatic carbocycles. The van der Waals surface area contributed by atoms with Crippen molar-refractivity contribution in [2.24, 2.45) is 0 Å². The predicted octanol–water partition coefficient (Wildman–Crippen LogP) is 3.83. The SMILES string of the molecule is CC(C)c1c(O)cc(-c2ncc3ccccc3n2)cc1O. The first-order valence-electron chi connectivity index (χ1n) is 6.84. The first kappa shape index (κ1) is 13.4. The number of phenols is 2. The third kappa shape index (κ3) is 2.40. The second-order valence-corrected chi connectivity index (χ2v) is 5.34. The van der Waals surface area contributed by atoms with Gasteiger partial charge in [-0.3, -0.25) is 0 Å². The van der Waals surface area contributed by atoms with Crippen LogP contribution >= 0.6 is 0 Å². The fraction of sp³-hybridized carbons (Fsp3) is 0.176. The second kappa shape index (κ2) is 5.05. The summed E-state index contributed by atoms with van der Waals surface area (Å²) in [6.07, 6.45) is 1.74. The summed E-state index contributed by atoms with van der Waals surface area (Å²) in [5.41, 5.74) is 1.97. The number of hydrogen-bond acceptors (Lipinski definition) is 4. The molecule has 4 nitrogen and oxygen atoms in total. The van der Waals surface area contributed by atoms with E-state index in [9.17, 15) is 10.2 Å². The van der Waals surface area contributed by atoms with Gasteiger partial charge in [0.05, 0.1) is 5.52 Å². The standard InChI is InChI=1S/C17H16N2O2/c1-10(2)16-14(20)7-12(8-15(16)21)17-18-9-11-5-3-4-6-13(11)19-17/h3-10,20-21H,1-2H3. The lowest BCUT2D eigenvalue weighted by Gasteiger charge is -2.12. The molecule has 0 aliphatic rings. The molecule has 0 fully saturated rings. The summed E-state index contributed by atoms with van der Waals surface area (Å²) in [5.74, 6) is 0.652. The van der Waals surface area contributed by atoms with Gasteiger partial charge in [0.15, 0.2) is 5.82 Å². The molecular formula is C17H16N2O2. The third-order valence-corrected chi connectivity index (χ3v) is 3.46. The lowest BCUT2D eigenvalue weighted by Crippen LogP contribution is -1.93. The fourth-order valence-electron chi connectivity index (χ4n) is 2.45. The van der Waals surface area contributed by atoms with Crippen LogP contribution in [0, 0.1) is 0 Å². The number of fused-ring (bicyclic) bond motifs is 1. The Hall–Kier alpha value is -2.62. The van der Waals surface area contributed by atoms with Crippen molar-refractivity contribution in [3.8, 4) is 22.9 Å². The second-order valence-electron chi connectivity index (χ2n) is 5.34. The number of rotatable bonds is 2. The first-order valence-corrected chi connectivity index (χ1v) is 6.84. The minimum Gasteiger partial charge on any atom is -0.507 e. The Labute approximate surface area is 122 Å². The van der Waals surface area contributed by atoms with Gasteiger partial charge in [-0.05, 0) is 24.1 Å². The van der Waals surface area contributed by atoms with Gasteiger partial charge in [-0.1, -0.05) is 32.0 Å². The van der Waals surface area contributed by atoms with Gasteiger partial charge in [-0.15, -0.1) is 0 Å². The minimum absolute atomic E-state index is 0.0385. The monoisotopic (exact) mass is 280 g/mol. The van der Waals surface area contributed by atoms with Crippen molar-refractivity contribution in [3.63, 3.8) is 0 Å². The molecule has 2 N–H and O–H groups in total. The van der Waals surface area contributed by atoms with Crippen molar-refractivity contribution in [2.75, 3.05) is 0 Å². The van der Waals surface area contributed by atoms with E-state index in [0.29, 0.717) is 17.0 Å². The predicted molar refractivity (Wildman–Crippen MR) is 82.4 cm³/mol. The zero-order chi connectivity index (χ0) is 15.0. The highest BCUT2D eigenvalue weighted by Gasteiger charge is 2.15. The lowest BCUT2D eigenvalue weighted by atomic mass is 9.98. The largest absolute Gasteiger partial charge is 0.507 e. The van der Waals surface area contributed by atoms with E-state index in [2.05, 4.69) is 9.97 Å². The fourth-order valence-corrected chi connectivity index (χ4v) is 2.45. The molecule has 0 radical (unpaired) electrons. The average molecular weight is 280 g/mol. The van der Waals surface area contributed by atoms with Crippen molar-refractivity contribution in [1.82, 2.24) is 9.97 Å². The zero-order valence-corrected chi connectivity index (χ0v) is 11.9. The molecule has 0 atom stereocenters. The summed E-state index contributed by atoms with van der Waals surface area (Å²) >= 11 is 0. The molecule has 106 valence electrons. The molecule has 0 spiro atoms. The number of nitrogens with zero attached hydrogens (tertiary/aromatic N) is 2. The molecular weight excluding hydrogens is 264 g/mol. The highest BCUT2D eigenvalue weighted by atomic mass is 16.3. The van der Waals surface area contributed by atoms with E-state index in [1.807, 2.05) is 38.1 Å². The van der Waals surface area contributed by atoms with Gasteiger partial charge in [0.2, 0.25) is 0 Å². The third-order valence-electron chi connectivity index (χ3n) is 3.46.